The van der Waals surface area contributed by atoms with Gasteiger partial charge >= 0.3 is 0 Å². The summed E-state index contributed by atoms with van der Waals surface area (Å²) in [4.78, 5) is 0. The zero-order valence-electron chi connectivity index (χ0n) is 11.3. The van der Waals surface area contributed by atoms with Crippen LogP contribution in [0.1, 0.15) is 72.6 Å². The summed E-state index contributed by atoms with van der Waals surface area (Å²) in [5.74, 6) is 4.38. The molecule has 2 fully saturated rings. The minimum Gasteiger partial charge on any atom is -0.0683 e. The molecule has 0 radical (unpaired) electrons. The molecule has 0 spiro atoms. The molecule has 0 aromatic heterocycles. The molecule has 4 unspecified atom stereocenters. The summed E-state index contributed by atoms with van der Waals surface area (Å²) in [5.41, 5.74) is 0. The fourth-order valence-electron chi connectivity index (χ4n) is 3.93. The monoisotopic (exact) mass is 210 g/mol. The smallest absolute Gasteiger partial charge is 0.0355 e. The van der Waals surface area contributed by atoms with Crippen molar-refractivity contribution in [3.63, 3.8) is 0 Å². The molecule has 0 aromatic carbocycles. The van der Waals surface area contributed by atoms with Crippen molar-refractivity contribution in [1.29, 1.82) is 0 Å². The predicted molar refractivity (Wildman–Crippen MR) is 69.0 cm³/mol. The van der Waals surface area contributed by atoms with Crippen LogP contribution in [0, 0.1) is 23.7 Å². The molecular weight excluding hydrogens is 180 g/mol. The van der Waals surface area contributed by atoms with Crippen LogP contribution in [0.15, 0.2) is 0 Å². The highest BCUT2D eigenvalue weighted by atomic mass is 14.4. The third-order valence-electron chi connectivity index (χ3n) is 4.61. The van der Waals surface area contributed by atoms with Gasteiger partial charge in [0.05, 0.1) is 0 Å². The molecule has 90 valence electrons. The van der Waals surface area contributed by atoms with Gasteiger partial charge in [-0.2, -0.15) is 0 Å². The Bertz CT molecular complexity index is 161. The second-order valence-corrected chi connectivity index (χ2v) is 5.36. The number of rotatable bonds is 2. The Morgan fingerprint density at radius 3 is 2.40 bits per heavy atom. The second-order valence-electron chi connectivity index (χ2n) is 5.36. The van der Waals surface area contributed by atoms with Crippen molar-refractivity contribution in [2.75, 3.05) is 0 Å². The van der Waals surface area contributed by atoms with Crippen molar-refractivity contribution in [3.05, 3.63) is 0 Å². The average molecular weight is 210 g/mol. The second kappa shape index (κ2) is 6.55. The van der Waals surface area contributed by atoms with Crippen molar-refractivity contribution < 1.29 is 0 Å². The SMILES string of the molecule is CC.CCCC1C(C)CCC2CCCC21. The maximum absolute atomic E-state index is 2.49. The molecule has 15 heavy (non-hydrogen) atoms. The molecule has 0 nitrogen and oxygen atoms in total. The lowest BCUT2D eigenvalue weighted by molar-refractivity contribution is 0.113. The summed E-state index contributed by atoms with van der Waals surface area (Å²) in [6, 6.07) is 0. The zero-order valence-corrected chi connectivity index (χ0v) is 11.3. The van der Waals surface area contributed by atoms with E-state index in [1.54, 1.807) is 19.3 Å². The first kappa shape index (κ1) is 13.1. The minimum absolute atomic E-state index is 1.03. The number of hydrogen-bond donors (Lipinski definition) is 0. The Labute approximate surface area is 96.8 Å². The van der Waals surface area contributed by atoms with E-state index in [0.29, 0.717) is 0 Å². The first-order valence-electron chi connectivity index (χ1n) is 7.33. The molecule has 0 heteroatoms. The topological polar surface area (TPSA) is 0 Å². The average Bonchev–Trinajstić information content (AvgIpc) is 2.73. The minimum atomic E-state index is 1.03. The van der Waals surface area contributed by atoms with Crippen LogP contribution in [0.2, 0.25) is 0 Å². The summed E-state index contributed by atoms with van der Waals surface area (Å²) < 4.78 is 0. The molecule has 2 aliphatic rings. The lowest BCUT2D eigenvalue weighted by atomic mass is 9.67. The maximum atomic E-state index is 2.49. The van der Waals surface area contributed by atoms with Gasteiger partial charge in [0, 0.05) is 0 Å². The predicted octanol–water partition coefficient (Wildman–Crippen LogP) is 5.28. The van der Waals surface area contributed by atoms with Gasteiger partial charge in [-0.15, -0.1) is 0 Å². The number of hydrogen-bond acceptors (Lipinski definition) is 0. The van der Waals surface area contributed by atoms with E-state index in [-0.39, 0.29) is 0 Å². The summed E-state index contributed by atoms with van der Waals surface area (Å²) >= 11 is 0. The lowest BCUT2D eigenvalue weighted by Crippen LogP contribution is -2.30. The Balaban J connectivity index is 0.000000531. The van der Waals surface area contributed by atoms with Crippen molar-refractivity contribution in [3.8, 4) is 0 Å². The van der Waals surface area contributed by atoms with Gasteiger partial charge in [0.2, 0.25) is 0 Å². The standard InChI is InChI=1S/C13H24.C2H6/c1-3-5-12-10(2)8-9-11-6-4-7-13(11)12;1-2/h10-13H,3-9H2,1-2H3;1-2H3. The summed E-state index contributed by atoms with van der Waals surface area (Å²) in [6.07, 6.45) is 10.6. The quantitative estimate of drug-likeness (QED) is 0.582. The van der Waals surface area contributed by atoms with E-state index in [1.807, 2.05) is 13.8 Å². The van der Waals surface area contributed by atoms with Crippen LogP contribution in [-0.2, 0) is 0 Å². The van der Waals surface area contributed by atoms with E-state index in [2.05, 4.69) is 13.8 Å². The van der Waals surface area contributed by atoms with E-state index in [9.17, 15) is 0 Å². The summed E-state index contributed by atoms with van der Waals surface area (Å²) in [6.45, 7) is 8.85. The Morgan fingerprint density at radius 2 is 1.73 bits per heavy atom. The first-order valence-corrected chi connectivity index (χ1v) is 7.33. The van der Waals surface area contributed by atoms with Crippen molar-refractivity contribution in [2.45, 2.75) is 72.6 Å². The molecule has 0 aliphatic heterocycles. The third-order valence-corrected chi connectivity index (χ3v) is 4.61. The molecule has 0 N–H and O–H groups in total. The molecule has 2 rings (SSSR count). The molecule has 0 bridgehead atoms. The number of fused-ring (bicyclic) bond motifs is 1. The van der Waals surface area contributed by atoms with Crippen LogP contribution in [-0.4, -0.2) is 0 Å². The molecule has 2 saturated carbocycles. The lowest BCUT2D eigenvalue weighted by Gasteiger charge is -2.38. The molecular formula is C15H30. The van der Waals surface area contributed by atoms with Crippen LogP contribution in [0.25, 0.3) is 0 Å². The van der Waals surface area contributed by atoms with Crippen LogP contribution < -0.4 is 0 Å². The van der Waals surface area contributed by atoms with Gasteiger partial charge < -0.3 is 0 Å². The highest BCUT2D eigenvalue weighted by Gasteiger charge is 2.38. The molecule has 4 atom stereocenters. The third kappa shape index (κ3) is 2.98. The summed E-state index contributed by atoms with van der Waals surface area (Å²) in [7, 11) is 0. The molecule has 0 heterocycles. The molecule has 0 amide bonds. The van der Waals surface area contributed by atoms with E-state index in [0.717, 1.165) is 23.7 Å². The fraction of sp³-hybridized carbons (Fsp3) is 1.00. The van der Waals surface area contributed by atoms with Crippen molar-refractivity contribution in [1.82, 2.24) is 0 Å². The van der Waals surface area contributed by atoms with Gasteiger partial charge in [0.1, 0.15) is 0 Å². The molecule has 2 aliphatic carbocycles. The van der Waals surface area contributed by atoms with E-state index in [1.165, 1.54) is 25.7 Å². The fourth-order valence-corrected chi connectivity index (χ4v) is 3.93. The van der Waals surface area contributed by atoms with Crippen molar-refractivity contribution in [2.24, 2.45) is 23.7 Å². The van der Waals surface area contributed by atoms with Crippen LogP contribution in [0.5, 0.6) is 0 Å². The van der Waals surface area contributed by atoms with Gasteiger partial charge in [-0.05, 0) is 36.5 Å². The normalized spacial score (nSPS) is 39.2. The van der Waals surface area contributed by atoms with E-state index >= 15 is 0 Å². The Morgan fingerprint density at radius 1 is 1.00 bits per heavy atom. The van der Waals surface area contributed by atoms with Gasteiger partial charge in [-0.25, -0.2) is 0 Å². The van der Waals surface area contributed by atoms with Gasteiger partial charge in [0.25, 0.3) is 0 Å². The van der Waals surface area contributed by atoms with E-state index < -0.39 is 0 Å². The van der Waals surface area contributed by atoms with E-state index in [4.69, 9.17) is 0 Å². The van der Waals surface area contributed by atoms with Crippen LogP contribution >= 0.6 is 0 Å². The Kier molecular flexibility index (Phi) is 5.71. The Hall–Kier alpha value is 0. The maximum Gasteiger partial charge on any atom is -0.0355 e. The molecule has 0 aromatic rings. The summed E-state index contributed by atoms with van der Waals surface area (Å²) in [5, 5.41) is 0. The zero-order chi connectivity index (χ0) is 11.3. The van der Waals surface area contributed by atoms with Gasteiger partial charge in [-0.1, -0.05) is 59.8 Å². The molecule has 0 saturated heterocycles. The largest absolute Gasteiger partial charge is 0.0683 e. The van der Waals surface area contributed by atoms with Gasteiger partial charge in [0.15, 0.2) is 0 Å². The highest BCUT2D eigenvalue weighted by molar-refractivity contribution is 4.89. The highest BCUT2D eigenvalue weighted by Crippen LogP contribution is 2.49. The van der Waals surface area contributed by atoms with Gasteiger partial charge in [-0.3, -0.25) is 0 Å². The van der Waals surface area contributed by atoms with Crippen LogP contribution in [0.3, 0.4) is 0 Å². The van der Waals surface area contributed by atoms with Crippen LogP contribution in [0.4, 0.5) is 0 Å². The first-order chi connectivity index (χ1) is 7.33. The van der Waals surface area contributed by atoms with Crippen molar-refractivity contribution >= 4 is 0 Å².